The highest BCUT2D eigenvalue weighted by Gasteiger charge is 2.19. The van der Waals surface area contributed by atoms with E-state index in [4.69, 9.17) is 0 Å². The number of hydrogen-bond donors (Lipinski definition) is 1. The van der Waals surface area contributed by atoms with Crippen LogP contribution >= 0.6 is 0 Å². The Labute approximate surface area is 99.5 Å². The van der Waals surface area contributed by atoms with Crippen LogP contribution in [0.4, 0.5) is 0 Å². The molecule has 96 valence electrons. The van der Waals surface area contributed by atoms with Crippen LogP contribution in [0.1, 0.15) is 39.0 Å². The first kappa shape index (κ1) is 13.9. The van der Waals surface area contributed by atoms with E-state index in [2.05, 4.69) is 16.5 Å². The average Bonchev–Trinajstić information content (AvgIpc) is 2.23. The summed E-state index contributed by atoms with van der Waals surface area (Å²) in [6, 6.07) is 0.715. The van der Waals surface area contributed by atoms with Gasteiger partial charge in [-0.05, 0) is 38.8 Å². The molecule has 0 saturated carbocycles. The Morgan fingerprint density at radius 1 is 1.38 bits per heavy atom. The lowest BCUT2D eigenvalue weighted by atomic mass is 10.00. The van der Waals surface area contributed by atoms with Crippen molar-refractivity contribution in [2.24, 2.45) is 0 Å². The van der Waals surface area contributed by atoms with Gasteiger partial charge in [-0.2, -0.15) is 0 Å². The Bertz CT molecular complexity index is 290. The van der Waals surface area contributed by atoms with Crippen LogP contribution in [-0.4, -0.2) is 45.2 Å². The van der Waals surface area contributed by atoms with E-state index in [1.54, 1.807) is 0 Å². The van der Waals surface area contributed by atoms with Gasteiger partial charge in [0.2, 0.25) is 10.0 Å². The Morgan fingerprint density at radius 3 is 2.75 bits per heavy atom. The zero-order valence-corrected chi connectivity index (χ0v) is 11.2. The van der Waals surface area contributed by atoms with E-state index in [-0.39, 0.29) is 0 Å². The van der Waals surface area contributed by atoms with Crippen LogP contribution in [0.5, 0.6) is 0 Å². The maximum Gasteiger partial charge on any atom is 0.208 e. The molecule has 0 aromatic rings. The number of piperidine rings is 1. The fourth-order valence-corrected chi connectivity index (χ4v) is 2.87. The summed E-state index contributed by atoms with van der Waals surface area (Å²) >= 11 is 0. The van der Waals surface area contributed by atoms with Gasteiger partial charge >= 0.3 is 0 Å². The van der Waals surface area contributed by atoms with Gasteiger partial charge < -0.3 is 4.90 Å². The largest absolute Gasteiger partial charge is 0.300 e. The van der Waals surface area contributed by atoms with E-state index >= 15 is 0 Å². The summed E-state index contributed by atoms with van der Waals surface area (Å²) in [5, 5.41) is 0. The van der Waals surface area contributed by atoms with Gasteiger partial charge in [-0.25, -0.2) is 13.1 Å². The number of sulfonamides is 1. The molecular formula is C11H24N2O2S. The summed E-state index contributed by atoms with van der Waals surface area (Å²) < 4.78 is 24.3. The van der Waals surface area contributed by atoms with Gasteiger partial charge in [-0.1, -0.05) is 13.3 Å². The highest BCUT2D eigenvalue weighted by Crippen LogP contribution is 2.19. The van der Waals surface area contributed by atoms with Crippen molar-refractivity contribution in [3.8, 4) is 0 Å². The minimum absolute atomic E-state index is 0.561. The first-order chi connectivity index (χ1) is 7.53. The predicted molar refractivity (Wildman–Crippen MR) is 67.0 cm³/mol. The summed E-state index contributed by atoms with van der Waals surface area (Å²) in [5.41, 5.74) is 0. The minimum atomic E-state index is -3.01. The molecule has 1 heterocycles. The van der Waals surface area contributed by atoms with Crippen molar-refractivity contribution in [2.75, 3.05) is 25.9 Å². The molecule has 1 N–H and O–H groups in total. The third-order valence-corrected chi connectivity index (χ3v) is 3.94. The molecule has 1 aliphatic heterocycles. The van der Waals surface area contributed by atoms with E-state index in [9.17, 15) is 8.42 Å². The van der Waals surface area contributed by atoms with E-state index in [0.717, 1.165) is 13.0 Å². The van der Waals surface area contributed by atoms with Crippen LogP contribution in [0.25, 0.3) is 0 Å². The smallest absolute Gasteiger partial charge is 0.208 e. The average molecular weight is 248 g/mol. The molecule has 1 saturated heterocycles. The second kappa shape index (κ2) is 6.57. The molecule has 0 spiro atoms. The van der Waals surface area contributed by atoms with Crippen LogP contribution in [-0.2, 0) is 10.0 Å². The topological polar surface area (TPSA) is 49.4 Å². The fourth-order valence-electron chi connectivity index (χ4n) is 2.36. The molecule has 1 rings (SSSR count). The van der Waals surface area contributed by atoms with Gasteiger partial charge in [-0.3, -0.25) is 0 Å². The first-order valence-electron chi connectivity index (χ1n) is 6.21. The van der Waals surface area contributed by atoms with E-state index in [1.807, 2.05) is 0 Å². The van der Waals surface area contributed by atoms with Crippen molar-refractivity contribution in [3.63, 3.8) is 0 Å². The first-order valence-corrected chi connectivity index (χ1v) is 8.10. The Hall–Kier alpha value is -0.130. The van der Waals surface area contributed by atoms with Crippen LogP contribution < -0.4 is 4.72 Å². The normalized spacial score (nSPS) is 23.5. The van der Waals surface area contributed by atoms with Gasteiger partial charge in [0.15, 0.2) is 0 Å². The summed E-state index contributed by atoms with van der Waals surface area (Å²) in [7, 11) is -3.01. The number of rotatable bonds is 6. The van der Waals surface area contributed by atoms with Gasteiger partial charge in [0.25, 0.3) is 0 Å². The second-order valence-electron chi connectivity index (χ2n) is 4.61. The predicted octanol–water partition coefficient (Wildman–Crippen LogP) is 1.19. The lowest BCUT2D eigenvalue weighted by Gasteiger charge is -2.35. The summed E-state index contributed by atoms with van der Waals surface area (Å²) in [6.45, 7) is 4.99. The molecular weight excluding hydrogens is 224 g/mol. The molecule has 0 radical (unpaired) electrons. The number of likely N-dealkylation sites (tertiary alicyclic amines) is 1. The van der Waals surface area contributed by atoms with Gasteiger partial charge in [-0.15, -0.1) is 0 Å². The molecule has 16 heavy (non-hydrogen) atoms. The molecule has 0 unspecified atom stereocenters. The summed E-state index contributed by atoms with van der Waals surface area (Å²) in [6.07, 6.45) is 7.26. The molecule has 0 aliphatic carbocycles. The molecule has 1 atom stereocenters. The van der Waals surface area contributed by atoms with Crippen molar-refractivity contribution in [1.82, 2.24) is 9.62 Å². The molecule has 4 nitrogen and oxygen atoms in total. The minimum Gasteiger partial charge on any atom is -0.300 e. The quantitative estimate of drug-likeness (QED) is 0.718. The summed E-state index contributed by atoms with van der Waals surface area (Å²) in [5.74, 6) is 0. The Morgan fingerprint density at radius 2 is 2.12 bits per heavy atom. The van der Waals surface area contributed by atoms with Gasteiger partial charge in [0.1, 0.15) is 0 Å². The van der Waals surface area contributed by atoms with E-state index in [1.165, 1.54) is 38.5 Å². The van der Waals surface area contributed by atoms with Gasteiger partial charge in [0, 0.05) is 12.6 Å². The van der Waals surface area contributed by atoms with Crippen molar-refractivity contribution in [3.05, 3.63) is 0 Å². The molecule has 0 bridgehead atoms. The van der Waals surface area contributed by atoms with Crippen LogP contribution in [0.15, 0.2) is 0 Å². The maximum absolute atomic E-state index is 10.9. The molecule has 1 aliphatic rings. The maximum atomic E-state index is 10.9. The molecule has 0 aromatic carbocycles. The molecule has 1 fully saturated rings. The van der Waals surface area contributed by atoms with Crippen molar-refractivity contribution in [1.29, 1.82) is 0 Å². The molecule has 0 aromatic heterocycles. The zero-order chi connectivity index (χ0) is 12.0. The Balaban J connectivity index is 2.20. The van der Waals surface area contributed by atoms with Gasteiger partial charge in [0.05, 0.1) is 6.26 Å². The highest BCUT2D eigenvalue weighted by molar-refractivity contribution is 7.88. The fraction of sp³-hybridized carbons (Fsp3) is 1.00. The van der Waals surface area contributed by atoms with Crippen molar-refractivity contribution < 1.29 is 8.42 Å². The van der Waals surface area contributed by atoms with E-state index in [0.29, 0.717) is 12.6 Å². The monoisotopic (exact) mass is 248 g/mol. The van der Waals surface area contributed by atoms with Crippen LogP contribution in [0.2, 0.25) is 0 Å². The SMILES string of the molecule is CC[C@@H]1CCCCN1CCCNS(C)(=O)=O. The Kier molecular flexibility index (Phi) is 5.72. The number of nitrogens with one attached hydrogen (secondary N) is 1. The number of hydrogen-bond acceptors (Lipinski definition) is 3. The standard InChI is InChI=1S/C11H24N2O2S/c1-3-11-7-4-5-9-13(11)10-6-8-12-16(2,14)15/h11-12H,3-10H2,1-2H3/t11-/m1/s1. The highest BCUT2D eigenvalue weighted by atomic mass is 32.2. The number of nitrogens with zero attached hydrogens (tertiary/aromatic N) is 1. The zero-order valence-electron chi connectivity index (χ0n) is 10.4. The second-order valence-corrected chi connectivity index (χ2v) is 6.45. The lowest BCUT2D eigenvalue weighted by molar-refractivity contribution is 0.143. The summed E-state index contributed by atoms with van der Waals surface area (Å²) in [4.78, 5) is 2.51. The van der Waals surface area contributed by atoms with E-state index < -0.39 is 10.0 Å². The molecule has 0 amide bonds. The lowest BCUT2D eigenvalue weighted by Crippen LogP contribution is -2.40. The van der Waals surface area contributed by atoms with Crippen LogP contribution in [0, 0.1) is 0 Å². The molecule has 5 heteroatoms. The third kappa shape index (κ3) is 5.27. The van der Waals surface area contributed by atoms with Crippen molar-refractivity contribution >= 4 is 10.0 Å². The third-order valence-electron chi connectivity index (χ3n) is 3.21. The van der Waals surface area contributed by atoms with Crippen LogP contribution in [0.3, 0.4) is 0 Å². The van der Waals surface area contributed by atoms with Crippen molar-refractivity contribution in [2.45, 2.75) is 45.1 Å².